The number of aryl methyl sites for hydroxylation is 2. The molecule has 0 aliphatic heterocycles. The number of hydrogen-bond donors (Lipinski definition) is 1. The zero-order chi connectivity index (χ0) is 22.4. The number of nitrogens with one attached hydrogen (secondary N) is 1. The minimum atomic E-state index is 0.392. The average molecular weight is 547 g/mol. The number of imidazole rings is 1. The molecule has 1 aromatic carbocycles. The van der Waals surface area contributed by atoms with E-state index >= 15 is 0 Å². The van der Waals surface area contributed by atoms with Crippen LogP contribution in [-0.4, -0.2) is 32.7 Å². The van der Waals surface area contributed by atoms with Gasteiger partial charge < -0.3 is 4.98 Å². The summed E-state index contributed by atoms with van der Waals surface area (Å²) in [4.78, 5) is 17.7. The summed E-state index contributed by atoms with van der Waals surface area (Å²) in [7, 11) is 0. The fourth-order valence-electron chi connectivity index (χ4n) is 4.62. The van der Waals surface area contributed by atoms with Crippen LogP contribution in [0, 0.1) is 6.92 Å². The van der Waals surface area contributed by atoms with Gasteiger partial charge in [-0.2, -0.15) is 5.10 Å². The van der Waals surface area contributed by atoms with Crippen molar-refractivity contribution in [2.75, 3.05) is 0 Å². The van der Waals surface area contributed by atoms with Gasteiger partial charge in [-0.1, -0.05) is 30.3 Å². The fourth-order valence-corrected chi connectivity index (χ4v) is 5.52. The Hall–Kier alpha value is -3.11. The van der Waals surface area contributed by atoms with Gasteiger partial charge in [-0.3, -0.25) is 4.98 Å². The molecule has 0 radical (unpaired) electrons. The largest absolute Gasteiger partial charge is 0.340 e. The molecule has 4 aromatic heterocycles. The molecule has 33 heavy (non-hydrogen) atoms. The number of rotatable bonds is 5. The second-order valence-corrected chi connectivity index (χ2v) is 9.60. The Balaban J connectivity index is 1.39. The molecule has 7 nitrogen and oxygen atoms in total. The van der Waals surface area contributed by atoms with E-state index in [0.717, 1.165) is 52.7 Å². The smallest absolute Gasteiger partial charge is 0.155 e. The summed E-state index contributed by atoms with van der Waals surface area (Å²) in [5.74, 6) is 0.920. The van der Waals surface area contributed by atoms with Gasteiger partial charge in [0.1, 0.15) is 17.8 Å². The Labute approximate surface area is 205 Å². The molecule has 5 aromatic rings. The minimum Gasteiger partial charge on any atom is -0.340 e. The maximum atomic E-state index is 5.03. The fraction of sp³-hybridized carbons (Fsp3) is 0.200. The van der Waals surface area contributed by atoms with E-state index in [2.05, 4.69) is 65.3 Å². The number of pyridine rings is 2. The van der Waals surface area contributed by atoms with Crippen LogP contribution in [0.4, 0.5) is 0 Å². The molecular formula is C25H22IN7. The Bertz CT molecular complexity index is 1450. The van der Waals surface area contributed by atoms with E-state index in [0.29, 0.717) is 12.6 Å². The summed E-state index contributed by atoms with van der Waals surface area (Å²) in [6.07, 6.45) is 5.74. The summed E-state index contributed by atoms with van der Waals surface area (Å²) in [5, 5.41) is 4.21. The first-order chi connectivity index (χ1) is 16.2. The van der Waals surface area contributed by atoms with Crippen molar-refractivity contribution < 1.29 is 0 Å². The molecule has 0 saturated heterocycles. The lowest BCUT2D eigenvalue weighted by molar-refractivity contribution is 0.376. The van der Waals surface area contributed by atoms with E-state index in [4.69, 9.17) is 9.97 Å². The van der Waals surface area contributed by atoms with Crippen molar-refractivity contribution in [3.63, 3.8) is 0 Å². The molecule has 0 bridgehead atoms. The predicted octanol–water partition coefficient (Wildman–Crippen LogP) is 5.33. The zero-order valence-electron chi connectivity index (χ0n) is 18.1. The van der Waals surface area contributed by atoms with Crippen LogP contribution in [0.5, 0.6) is 0 Å². The van der Waals surface area contributed by atoms with Crippen molar-refractivity contribution in [2.24, 2.45) is 0 Å². The third kappa shape index (κ3) is 3.83. The SMILES string of the molecule is Cc1cccc(-c2nc(CN(I)[C@@H]3CCc4ccccc43)[nH]c2-c2ccn3ncnc3c2)n1. The number of fused-ring (bicyclic) bond motifs is 2. The van der Waals surface area contributed by atoms with Crippen molar-refractivity contribution in [1.29, 1.82) is 0 Å². The quantitative estimate of drug-likeness (QED) is 0.238. The second kappa shape index (κ2) is 8.35. The molecule has 0 unspecified atom stereocenters. The molecule has 1 aliphatic rings. The summed E-state index contributed by atoms with van der Waals surface area (Å²) in [6, 6.07) is 19.3. The van der Waals surface area contributed by atoms with Crippen molar-refractivity contribution in [2.45, 2.75) is 32.4 Å². The number of aromatic nitrogens is 6. The Morgan fingerprint density at radius 2 is 2.03 bits per heavy atom. The topological polar surface area (TPSA) is 75.0 Å². The molecular weight excluding hydrogens is 525 g/mol. The van der Waals surface area contributed by atoms with Crippen LogP contribution in [0.25, 0.3) is 28.3 Å². The molecule has 1 aliphatic carbocycles. The van der Waals surface area contributed by atoms with Crippen LogP contribution in [-0.2, 0) is 13.0 Å². The summed E-state index contributed by atoms with van der Waals surface area (Å²) in [6.45, 7) is 2.72. The molecule has 1 atom stereocenters. The second-order valence-electron chi connectivity index (χ2n) is 8.36. The normalized spacial score (nSPS) is 15.4. The van der Waals surface area contributed by atoms with Gasteiger partial charge in [0.25, 0.3) is 0 Å². The molecule has 8 heteroatoms. The monoisotopic (exact) mass is 547 g/mol. The summed E-state index contributed by atoms with van der Waals surface area (Å²) < 4.78 is 4.12. The van der Waals surface area contributed by atoms with Gasteiger partial charge in [0.15, 0.2) is 5.65 Å². The third-order valence-corrected chi connectivity index (χ3v) is 7.21. The van der Waals surface area contributed by atoms with Gasteiger partial charge in [-0.25, -0.2) is 17.6 Å². The van der Waals surface area contributed by atoms with Gasteiger partial charge in [0, 0.05) is 46.4 Å². The molecule has 0 amide bonds. The van der Waals surface area contributed by atoms with Crippen molar-refractivity contribution in [1.82, 2.24) is 32.7 Å². The standard InChI is InChI=1S/C25H22IN7/c1-16-5-4-8-20(29-16)25-24(18-11-12-33-23(13-18)27-15-28-33)30-22(31-25)14-32(26)21-10-9-17-6-2-3-7-19(17)21/h2-8,11-13,15,21H,9-10,14H2,1H3,(H,30,31)/t21-/m1/s1. The van der Waals surface area contributed by atoms with E-state index < -0.39 is 0 Å². The van der Waals surface area contributed by atoms with Crippen LogP contribution >= 0.6 is 22.9 Å². The molecule has 0 fully saturated rings. The van der Waals surface area contributed by atoms with Crippen molar-refractivity contribution >= 4 is 28.5 Å². The first-order valence-electron chi connectivity index (χ1n) is 11.0. The van der Waals surface area contributed by atoms with E-state index in [-0.39, 0.29) is 0 Å². The maximum absolute atomic E-state index is 5.03. The van der Waals surface area contributed by atoms with Crippen LogP contribution in [0.3, 0.4) is 0 Å². The number of H-pyrrole nitrogens is 1. The van der Waals surface area contributed by atoms with Crippen LogP contribution in [0.2, 0.25) is 0 Å². The Kier molecular flexibility index (Phi) is 5.18. The lowest BCUT2D eigenvalue weighted by Crippen LogP contribution is -2.17. The first-order valence-corrected chi connectivity index (χ1v) is 11.9. The first kappa shape index (κ1) is 20.5. The zero-order valence-corrected chi connectivity index (χ0v) is 20.3. The van der Waals surface area contributed by atoms with E-state index in [1.54, 1.807) is 10.8 Å². The van der Waals surface area contributed by atoms with Crippen LogP contribution < -0.4 is 0 Å². The predicted molar refractivity (Wildman–Crippen MR) is 136 cm³/mol. The van der Waals surface area contributed by atoms with E-state index in [9.17, 15) is 0 Å². The number of benzene rings is 1. The van der Waals surface area contributed by atoms with Gasteiger partial charge in [0.05, 0.1) is 17.9 Å². The van der Waals surface area contributed by atoms with Crippen molar-refractivity contribution in [3.8, 4) is 22.6 Å². The molecule has 0 saturated carbocycles. The lowest BCUT2D eigenvalue weighted by Gasteiger charge is -2.21. The number of hydrogen-bond acceptors (Lipinski definition) is 5. The number of aromatic amines is 1. The maximum Gasteiger partial charge on any atom is 0.155 e. The third-order valence-electron chi connectivity index (χ3n) is 6.19. The molecule has 4 heterocycles. The highest BCUT2D eigenvalue weighted by Gasteiger charge is 2.27. The highest BCUT2D eigenvalue weighted by molar-refractivity contribution is 14.1. The van der Waals surface area contributed by atoms with E-state index in [1.165, 1.54) is 11.1 Å². The Morgan fingerprint density at radius 3 is 2.94 bits per heavy atom. The minimum absolute atomic E-state index is 0.392. The summed E-state index contributed by atoms with van der Waals surface area (Å²) >= 11 is 2.45. The molecule has 164 valence electrons. The highest BCUT2D eigenvalue weighted by atomic mass is 127. The van der Waals surface area contributed by atoms with Crippen LogP contribution in [0.15, 0.2) is 67.1 Å². The summed E-state index contributed by atoms with van der Waals surface area (Å²) in [5.41, 5.74) is 8.32. The number of halogens is 1. The van der Waals surface area contributed by atoms with Crippen molar-refractivity contribution in [3.05, 3.63) is 89.8 Å². The molecule has 0 spiro atoms. The van der Waals surface area contributed by atoms with Gasteiger partial charge in [0.2, 0.25) is 0 Å². The highest BCUT2D eigenvalue weighted by Crippen LogP contribution is 2.38. The molecule has 6 rings (SSSR count). The van der Waals surface area contributed by atoms with Gasteiger partial charge in [-0.05, 0) is 55.2 Å². The number of nitrogens with zero attached hydrogens (tertiary/aromatic N) is 6. The lowest BCUT2D eigenvalue weighted by atomic mass is 10.1. The van der Waals surface area contributed by atoms with Gasteiger partial charge >= 0.3 is 0 Å². The molecule has 1 N–H and O–H groups in total. The Morgan fingerprint density at radius 1 is 1.12 bits per heavy atom. The average Bonchev–Trinajstić information content (AvgIpc) is 3.56. The van der Waals surface area contributed by atoms with Crippen LogP contribution in [0.1, 0.15) is 35.1 Å². The van der Waals surface area contributed by atoms with E-state index in [1.807, 2.05) is 43.5 Å². The van der Waals surface area contributed by atoms with Gasteiger partial charge in [-0.15, -0.1) is 0 Å².